The quantitative estimate of drug-likeness (QED) is 0.362. The molecular weight excluding hydrogens is 514 g/mol. The van der Waals surface area contributed by atoms with Crippen molar-refractivity contribution in [2.45, 2.75) is 24.7 Å². The number of rotatable bonds is 2. The van der Waals surface area contributed by atoms with E-state index in [1.807, 2.05) is 0 Å². The Morgan fingerprint density at radius 3 is 1.97 bits per heavy atom. The van der Waals surface area contributed by atoms with E-state index < -0.39 is 70.4 Å². The van der Waals surface area contributed by atoms with Crippen molar-refractivity contribution in [3.63, 3.8) is 0 Å². The van der Waals surface area contributed by atoms with Crippen LogP contribution in [0.3, 0.4) is 0 Å². The molecule has 3 aromatic rings. The number of halogens is 10. The number of hydrogen-bond acceptors (Lipinski definition) is 6. The van der Waals surface area contributed by atoms with Crippen LogP contribution < -0.4 is 16.4 Å². The van der Waals surface area contributed by atoms with Crippen LogP contribution >= 0.6 is 0 Å². The molecule has 0 saturated heterocycles. The van der Waals surface area contributed by atoms with E-state index in [0.717, 1.165) is 12.1 Å². The standard InChI is InChI=1S/C19H9F10N5.CH5N/c20-10-5-8(17(21,22)23)2-3-9(10)15-31-12-13(19(27,28)29)32-14(33-16(12)34-15)7-1-4-11(30-6-7)18(24,25)26;1-2/h1-6,15,31H,(H,32,33,34);2H2,1H3. The lowest BCUT2D eigenvalue weighted by molar-refractivity contribution is -0.141. The monoisotopic (exact) mass is 528 g/mol. The van der Waals surface area contributed by atoms with Gasteiger partial charge in [-0.25, -0.2) is 14.4 Å². The second-order valence-corrected chi connectivity index (χ2v) is 7.00. The molecular formula is C20H14F10N6. The van der Waals surface area contributed by atoms with E-state index in [0.29, 0.717) is 18.3 Å². The summed E-state index contributed by atoms with van der Waals surface area (Å²) in [4.78, 5) is 10.4. The molecule has 4 N–H and O–H groups in total. The number of alkyl halides is 9. The van der Waals surface area contributed by atoms with E-state index in [1.54, 1.807) is 0 Å². The molecule has 0 fully saturated rings. The van der Waals surface area contributed by atoms with Gasteiger partial charge in [-0.3, -0.25) is 4.98 Å². The zero-order valence-electron chi connectivity index (χ0n) is 17.7. The van der Waals surface area contributed by atoms with Gasteiger partial charge in [-0.2, -0.15) is 39.5 Å². The highest BCUT2D eigenvalue weighted by Crippen LogP contribution is 2.44. The minimum atomic E-state index is -5.07. The first kappa shape index (κ1) is 26.9. The predicted molar refractivity (Wildman–Crippen MR) is 107 cm³/mol. The van der Waals surface area contributed by atoms with Crippen molar-refractivity contribution in [3.8, 4) is 11.4 Å². The van der Waals surface area contributed by atoms with Gasteiger partial charge in [0.1, 0.15) is 23.4 Å². The van der Waals surface area contributed by atoms with Crippen molar-refractivity contribution in [2.75, 3.05) is 17.7 Å². The number of nitrogens with one attached hydrogen (secondary N) is 2. The van der Waals surface area contributed by atoms with Gasteiger partial charge in [-0.05, 0) is 31.3 Å². The van der Waals surface area contributed by atoms with E-state index in [-0.39, 0.29) is 11.6 Å². The molecule has 1 aliphatic heterocycles. The molecule has 0 amide bonds. The smallest absolute Gasteiger partial charge is 0.357 e. The van der Waals surface area contributed by atoms with Crippen molar-refractivity contribution in [1.82, 2.24) is 15.0 Å². The largest absolute Gasteiger partial charge is 0.435 e. The highest BCUT2D eigenvalue weighted by molar-refractivity contribution is 5.76. The Morgan fingerprint density at radius 1 is 0.806 bits per heavy atom. The molecule has 1 unspecified atom stereocenters. The molecule has 4 rings (SSSR count). The Bertz CT molecular complexity index is 1240. The highest BCUT2D eigenvalue weighted by atomic mass is 19.4. The van der Waals surface area contributed by atoms with E-state index >= 15 is 0 Å². The SMILES string of the molecule is CN.Fc1cc(C(F)(F)F)ccc1C1Nc2nc(-c3ccc(C(F)(F)F)nc3)nc(C(F)(F)F)c2N1. The summed E-state index contributed by atoms with van der Waals surface area (Å²) in [5, 5.41) is 4.72. The van der Waals surface area contributed by atoms with Crippen LogP contribution in [0, 0.1) is 5.82 Å². The second kappa shape index (κ2) is 9.40. The van der Waals surface area contributed by atoms with Crippen LogP contribution in [0.2, 0.25) is 0 Å². The number of fused-ring (bicyclic) bond motifs is 1. The number of benzene rings is 1. The number of pyridine rings is 1. The van der Waals surface area contributed by atoms with Crippen LogP contribution in [0.25, 0.3) is 11.4 Å². The second-order valence-electron chi connectivity index (χ2n) is 7.00. The average molecular weight is 528 g/mol. The third-order valence-corrected chi connectivity index (χ3v) is 4.70. The maximum Gasteiger partial charge on any atom is 0.435 e. The minimum absolute atomic E-state index is 0.192. The van der Waals surface area contributed by atoms with Gasteiger partial charge in [0.2, 0.25) is 0 Å². The molecule has 0 radical (unpaired) electrons. The summed E-state index contributed by atoms with van der Waals surface area (Å²) in [5.74, 6) is -2.46. The Morgan fingerprint density at radius 2 is 1.47 bits per heavy atom. The lowest BCUT2D eigenvalue weighted by Crippen LogP contribution is -2.16. The van der Waals surface area contributed by atoms with Gasteiger partial charge in [0, 0.05) is 17.3 Å². The number of anilines is 2. The highest BCUT2D eigenvalue weighted by Gasteiger charge is 2.42. The predicted octanol–water partition coefficient (Wildman–Crippen LogP) is 5.85. The summed E-state index contributed by atoms with van der Waals surface area (Å²) in [5.41, 5.74) is -1.01. The topological polar surface area (TPSA) is 88.8 Å². The maximum atomic E-state index is 14.3. The van der Waals surface area contributed by atoms with Crippen LogP contribution in [-0.4, -0.2) is 22.0 Å². The van der Waals surface area contributed by atoms with E-state index in [9.17, 15) is 43.9 Å². The molecule has 0 saturated carbocycles. The van der Waals surface area contributed by atoms with E-state index in [4.69, 9.17) is 0 Å². The van der Waals surface area contributed by atoms with Crippen molar-refractivity contribution in [1.29, 1.82) is 0 Å². The summed E-state index contributed by atoms with van der Waals surface area (Å²) in [7, 11) is 1.50. The van der Waals surface area contributed by atoms with Gasteiger partial charge in [-0.15, -0.1) is 0 Å². The number of nitrogens with zero attached hydrogens (tertiary/aromatic N) is 3. The molecule has 2 aromatic heterocycles. The van der Waals surface area contributed by atoms with Gasteiger partial charge in [0.25, 0.3) is 0 Å². The van der Waals surface area contributed by atoms with E-state index in [1.165, 1.54) is 7.05 Å². The van der Waals surface area contributed by atoms with Crippen molar-refractivity contribution >= 4 is 11.5 Å². The van der Waals surface area contributed by atoms with Crippen LogP contribution in [-0.2, 0) is 18.5 Å². The fourth-order valence-corrected chi connectivity index (χ4v) is 3.14. The van der Waals surface area contributed by atoms with Gasteiger partial charge >= 0.3 is 18.5 Å². The first-order valence-electron chi connectivity index (χ1n) is 9.65. The molecule has 0 aliphatic carbocycles. The van der Waals surface area contributed by atoms with Gasteiger partial charge in [0.05, 0.1) is 5.56 Å². The molecule has 0 spiro atoms. The Hall–Kier alpha value is -3.69. The lowest BCUT2D eigenvalue weighted by Gasteiger charge is -2.15. The fraction of sp³-hybridized carbons (Fsp3) is 0.250. The zero-order chi connectivity index (χ0) is 27.1. The molecule has 6 nitrogen and oxygen atoms in total. The van der Waals surface area contributed by atoms with Crippen molar-refractivity contribution < 1.29 is 43.9 Å². The molecule has 36 heavy (non-hydrogen) atoms. The summed E-state index contributed by atoms with van der Waals surface area (Å²) in [6.45, 7) is 0. The van der Waals surface area contributed by atoms with Gasteiger partial charge in [0.15, 0.2) is 17.3 Å². The van der Waals surface area contributed by atoms with Crippen LogP contribution in [0.15, 0.2) is 36.5 Å². The minimum Gasteiger partial charge on any atom is -0.357 e. The normalized spacial score (nSPS) is 15.4. The number of hydrogen-bond donors (Lipinski definition) is 3. The summed E-state index contributed by atoms with van der Waals surface area (Å²) >= 11 is 0. The van der Waals surface area contributed by atoms with Gasteiger partial charge < -0.3 is 16.4 Å². The van der Waals surface area contributed by atoms with Crippen LogP contribution in [0.1, 0.15) is 28.7 Å². The maximum absolute atomic E-state index is 14.3. The van der Waals surface area contributed by atoms with Crippen molar-refractivity contribution in [3.05, 3.63) is 64.9 Å². The molecule has 3 heterocycles. The summed E-state index contributed by atoms with van der Waals surface area (Å²) in [6, 6.07) is 2.85. The Balaban J connectivity index is 0.00000176. The number of aromatic nitrogens is 3. The fourth-order valence-electron chi connectivity index (χ4n) is 3.14. The first-order chi connectivity index (χ1) is 16.6. The summed E-state index contributed by atoms with van der Waals surface area (Å²) in [6.07, 6.45) is -15.5. The molecule has 0 bridgehead atoms. The molecule has 16 heteroatoms. The zero-order valence-corrected chi connectivity index (χ0v) is 17.7. The third kappa shape index (κ3) is 5.42. The number of nitrogens with two attached hydrogens (primary N) is 1. The molecule has 194 valence electrons. The average Bonchev–Trinajstić information content (AvgIpc) is 3.21. The molecule has 1 atom stereocenters. The molecule has 1 aliphatic rings. The third-order valence-electron chi connectivity index (χ3n) is 4.70. The van der Waals surface area contributed by atoms with Crippen molar-refractivity contribution in [2.24, 2.45) is 5.73 Å². The lowest BCUT2D eigenvalue weighted by atomic mass is 10.1. The Labute approximate surface area is 195 Å². The summed E-state index contributed by atoms with van der Waals surface area (Å²) < 4.78 is 132. The molecule has 1 aromatic carbocycles. The van der Waals surface area contributed by atoms with Gasteiger partial charge in [-0.1, -0.05) is 6.07 Å². The Kier molecular flexibility index (Phi) is 7.03. The van der Waals surface area contributed by atoms with Crippen LogP contribution in [0.5, 0.6) is 0 Å². The van der Waals surface area contributed by atoms with E-state index in [2.05, 4.69) is 31.3 Å². The van der Waals surface area contributed by atoms with Crippen LogP contribution in [0.4, 0.5) is 55.4 Å². The first-order valence-corrected chi connectivity index (χ1v) is 9.65.